The van der Waals surface area contributed by atoms with Crippen LogP contribution in [0.2, 0.25) is 0 Å². The molecule has 0 spiro atoms. The fourth-order valence-electron chi connectivity index (χ4n) is 2.20. The molecule has 0 aliphatic rings. The Labute approximate surface area is 165 Å². The fourth-order valence-corrected chi connectivity index (χ4v) is 2.93. The second-order valence-corrected chi connectivity index (χ2v) is 7.65. The molecule has 154 valence electrons. The average Bonchev–Trinajstić information content (AvgIpc) is 2.64. The number of hydrogen-bond donors (Lipinski definition) is 3. The van der Waals surface area contributed by atoms with E-state index in [0.717, 1.165) is 12.1 Å². The summed E-state index contributed by atoms with van der Waals surface area (Å²) >= 11 is 0. The van der Waals surface area contributed by atoms with Gasteiger partial charge >= 0.3 is 0 Å². The summed E-state index contributed by atoms with van der Waals surface area (Å²) in [6.07, 6.45) is 1.21. The molecule has 0 atom stereocenters. The van der Waals surface area contributed by atoms with Crippen molar-refractivity contribution in [2.24, 2.45) is 16.5 Å². The van der Waals surface area contributed by atoms with E-state index in [4.69, 9.17) is 16.2 Å². The van der Waals surface area contributed by atoms with Gasteiger partial charge in [-0.05, 0) is 62.0 Å². The van der Waals surface area contributed by atoms with Gasteiger partial charge in [-0.25, -0.2) is 21.9 Å². The summed E-state index contributed by atoms with van der Waals surface area (Å²) in [6.45, 7) is 1.38. The third kappa shape index (κ3) is 5.59. The third-order valence-corrected chi connectivity index (χ3v) is 5.02. The number of amides is 1. The summed E-state index contributed by atoms with van der Waals surface area (Å²) in [4.78, 5) is 15.0. The van der Waals surface area contributed by atoms with Gasteiger partial charge in [0.25, 0.3) is 5.91 Å². The summed E-state index contributed by atoms with van der Waals surface area (Å²) in [6, 6.07) is 6.90. The highest BCUT2D eigenvalue weighted by Gasteiger charge is 2.15. The molecule has 11 heteroatoms. The van der Waals surface area contributed by atoms with Gasteiger partial charge in [0.2, 0.25) is 10.0 Å². The number of benzene rings is 2. The first kappa shape index (κ1) is 22.0. The van der Waals surface area contributed by atoms with Crippen LogP contribution < -0.4 is 20.9 Å². The summed E-state index contributed by atoms with van der Waals surface area (Å²) in [5, 5.41) is 0. The Balaban J connectivity index is 2.28. The molecule has 0 radical (unpaired) electrons. The number of sulfonamides is 1. The van der Waals surface area contributed by atoms with Crippen molar-refractivity contribution in [2.45, 2.75) is 11.8 Å². The van der Waals surface area contributed by atoms with Gasteiger partial charge in [-0.1, -0.05) is 0 Å². The van der Waals surface area contributed by atoms with E-state index in [0.29, 0.717) is 0 Å². The minimum Gasteiger partial charge on any atom is -0.451 e. The number of carbonyl (C=O) groups is 1. The maximum atomic E-state index is 14.3. The number of carbonyl (C=O) groups excluding carboxylic acids is 1. The lowest BCUT2D eigenvalue weighted by Gasteiger charge is -2.10. The normalized spacial score (nSPS) is 11.8. The molecule has 0 aliphatic carbocycles. The van der Waals surface area contributed by atoms with E-state index in [-0.39, 0.29) is 21.8 Å². The molecule has 29 heavy (non-hydrogen) atoms. The summed E-state index contributed by atoms with van der Waals surface area (Å²) in [5.41, 5.74) is 10.3. The van der Waals surface area contributed by atoms with Crippen molar-refractivity contribution in [1.29, 1.82) is 0 Å². The zero-order chi connectivity index (χ0) is 21.8. The zero-order valence-electron chi connectivity index (χ0n) is 15.4. The van der Waals surface area contributed by atoms with E-state index < -0.39 is 39.3 Å². The van der Waals surface area contributed by atoms with Crippen molar-refractivity contribution in [3.63, 3.8) is 0 Å². The molecule has 0 bridgehead atoms. The van der Waals surface area contributed by atoms with Crippen LogP contribution in [0, 0.1) is 11.6 Å². The maximum absolute atomic E-state index is 14.3. The number of hydrogen-bond acceptors (Lipinski definition) is 4. The number of nitrogens with one attached hydrogen (secondary N) is 1. The van der Waals surface area contributed by atoms with Crippen LogP contribution in [0.4, 0.5) is 8.78 Å². The Morgan fingerprint density at radius 3 is 2.17 bits per heavy atom. The first-order valence-electron chi connectivity index (χ1n) is 8.06. The standard InChI is InChI=1S/C18H18F2N4O4S/c1-10(17(25)24-18(21)22)7-11-8-14(19)16(15(20)9-11)28-12-3-5-13(6-4-12)29(26,27)23-2/h3-9,23H,1-2H3,(H4,21,22,24,25)/b10-7+. The lowest BCUT2D eigenvalue weighted by molar-refractivity contribution is -0.114. The van der Waals surface area contributed by atoms with E-state index in [1.54, 1.807) is 0 Å². The van der Waals surface area contributed by atoms with Gasteiger partial charge in [0.15, 0.2) is 23.3 Å². The predicted molar refractivity (Wildman–Crippen MR) is 104 cm³/mol. The Morgan fingerprint density at radius 2 is 1.69 bits per heavy atom. The van der Waals surface area contributed by atoms with E-state index in [2.05, 4.69) is 9.71 Å². The molecule has 0 saturated heterocycles. The van der Waals surface area contributed by atoms with Gasteiger partial charge < -0.3 is 16.2 Å². The lowest BCUT2D eigenvalue weighted by Crippen LogP contribution is -2.24. The molecule has 0 aromatic heterocycles. The van der Waals surface area contributed by atoms with Crippen molar-refractivity contribution in [1.82, 2.24) is 4.72 Å². The Kier molecular flexibility index (Phi) is 6.67. The second-order valence-electron chi connectivity index (χ2n) is 5.76. The van der Waals surface area contributed by atoms with E-state index in [1.807, 2.05) is 0 Å². The number of nitrogens with two attached hydrogens (primary N) is 2. The number of rotatable bonds is 6. The van der Waals surface area contributed by atoms with Crippen LogP contribution >= 0.6 is 0 Å². The number of guanidine groups is 1. The van der Waals surface area contributed by atoms with Crippen LogP contribution in [0.3, 0.4) is 0 Å². The van der Waals surface area contributed by atoms with Crippen LogP contribution in [-0.2, 0) is 14.8 Å². The molecule has 0 fully saturated rings. The van der Waals surface area contributed by atoms with E-state index in [9.17, 15) is 22.0 Å². The second kappa shape index (κ2) is 8.80. The Hall–Kier alpha value is -3.31. The van der Waals surface area contributed by atoms with E-state index in [1.165, 1.54) is 44.3 Å². The van der Waals surface area contributed by atoms with Crippen LogP contribution in [0.5, 0.6) is 11.5 Å². The summed E-state index contributed by atoms with van der Waals surface area (Å²) in [7, 11) is -2.39. The largest absolute Gasteiger partial charge is 0.451 e. The van der Waals surface area contributed by atoms with E-state index >= 15 is 0 Å². The molecule has 5 N–H and O–H groups in total. The molecule has 2 rings (SSSR count). The quantitative estimate of drug-likeness (QED) is 0.368. The minimum absolute atomic E-state index is 0.0280. The summed E-state index contributed by atoms with van der Waals surface area (Å²) in [5.74, 6) is -3.88. The molecular weight excluding hydrogens is 406 g/mol. The van der Waals surface area contributed by atoms with Gasteiger partial charge in [-0.3, -0.25) is 4.79 Å². The average molecular weight is 424 g/mol. The molecule has 1 amide bonds. The highest BCUT2D eigenvalue weighted by atomic mass is 32.2. The van der Waals surface area contributed by atoms with Crippen LogP contribution in [-0.4, -0.2) is 27.3 Å². The molecule has 8 nitrogen and oxygen atoms in total. The number of ether oxygens (including phenoxy) is 1. The molecule has 0 saturated carbocycles. The molecule has 2 aromatic rings. The molecule has 2 aromatic carbocycles. The van der Waals surface area contributed by atoms with Gasteiger partial charge in [0, 0.05) is 5.57 Å². The molecule has 0 heterocycles. The number of halogens is 2. The van der Waals surface area contributed by atoms with Crippen molar-refractivity contribution >= 4 is 28.0 Å². The first-order valence-corrected chi connectivity index (χ1v) is 9.54. The van der Waals surface area contributed by atoms with Crippen LogP contribution in [0.1, 0.15) is 12.5 Å². The van der Waals surface area contributed by atoms with Crippen molar-refractivity contribution in [3.8, 4) is 11.5 Å². The smallest absolute Gasteiger partial charge is 0.275 e. The first-order chi connectivity index (χ1) is 13.5. The molecule has 0 aliphatic heterocycles. The summed E-state index contributed by atoms with van der Waals surface area (Å²) < 4.78 is 59.4. The Morgan fingerprint density at radius 1 is 1.14 bits per heavy atom. The molecular formula is C18H18F2N4O4S. The van der Waals surface area contributed by atoms with Crippen molar-refractivity contribution in [2.75, 3.05) is 7.05 Å². The number of nitrogens with zero attached hydrogens (tertiary/aromatic N) is 1. The van der Waals surface area contributed by atoms with Crippen LogP contribution in [0.15, 0.2) is 51.9 Å². The van der Waals surface area contributed by atoms with Crippen molar-refractivity contribution < 1.29 is 26.7 Å². The highest BCUT2D eigenvalue weighted by molar-refractivity contribution is 7.89. The van der Waals surface area contributed by atoms with Gasteiger partial charge in [-0.15, -0.1) is 0 Å². The minimum atomic E-state index is -3.65. The van der Waals surface area contributed by atoms with Gasteiger partial charge in [-0.2, -0.15) is 4.99 Å². The highest BCUT2D eigenvalue weighted by Crippen LogP contribution is 2.30. The lowest BCUT2D eigenvalue weighted by atomic mass is 10.1. The van der Waals surface area contributed by atoms with Crippen molar-refractivity contribution in [3.05, 3.63) is 59.2 Å². The fraction of sp³-hybridized carbons (Fsp3) is 0.111. The molecule has 0 unspecified atom stereocenters. The monoisotopic (exact) mass is 424 g/mol. The third-order valence-electron chi connectivity index (χ3n) is 3.59. The van der Waals surface area contributed by atoms with Crippen LogP contribution in [0.25, 0.3) is 6.08 Å². The predicted octanol–water partition coefficient (Wildman–Crippen LogP) is 1.87. The Bertz CT molecular complexity index is 1070. The number of aliphatic imine (C=N–C) groups is 1. The van der Waals surface area contributed by atoms with Gasteiger partial charge in [0.1, 0.15) is 5.75 Å². The maximum Gasteiger partial charge on any atom is 0.275 e. The van der Waals surface area contributed by atoms with Gasteiger partial charge in [0.05, 0.1) is 4.90 Å². The SMILES string of the molecule is CNS(=O)(=O)c1ccc(Oc2c(F)cc(/C=C(\C)C(=O)N=C(N)N)cc2F)cc1. The zero-order valence-corrected chi connectivity index (χ0v) is 16.3. The topological polar surface area (TPSA) is 137 Å².